The van der Waals surface area contributed by atoms with Crippen molar-refractivity contribution in [1.82, 2.24) is 20.4 Å². The van der Waals surface area contributed by atoms with Crippen molar-refractivity contribution in [3.05, 3.63) is 53.9 Å². The third kappa shape index (κ3) is 2.98. The topological polar surface area (TPSA) is 105 Å². The van der Waals surface area contributed by atoms with Gasteiger partial charge in [0.25, 0.3) is 0 Å². The van der Waals surface area contributed by atoms with E-state index in [9.17, 15) is 4.79 Å². The number of nitriles is 1. The number of benzene rings is 1. The number of aromatic amines is 1. The first-order chi connectivity index (χ1) is 11.7. The Balaban J connectivity index is 1.92. The molecule has 0 aliphatic heterocycles. The number of pyridine rings is 1. The lowest BCUT2D eigenvalue weighted by Gasteiger charge is -2.04. The highest BCUT2D eigenvalue weighted by Crippen LogP contribution is 2.24. The Morgan fingerprint density at radius 2 is 1.96 bits per heavy atom. The van der Waals surface area contributed by atoms with E-state index in [0.717, 1.165) is 11.1 Å². The molecule has 0 radical (unpaired) electrons. The lowest BCUT2D eigenvalue weighted by molar-refractivity contribution is 0.0520. The first-order valence-corrected chi connectivity index (χ1v) is 7.27. The van der Waals surface area contributed by atoms with Crippen molar-refractivity contribution in [3.63, 3.8) is 0 Å². The van der Waals surface area contributed by atoms with Crippen LogP contribution in [-0.2, 0) is 4.74 Å². The van der Waals surface area contributed by atoms with E-state index in [4.69, 9.17) is 10.00 Å². The number of esters is 1. The van der Waals surface area contributed by atoms with Crippen LogP contribution >= 0.6 is 0 Å². The van der Waals surface area contributed by atoms with Gasteiger partial charge < -0.3 is 4.74 Å². The van der Waals surface area contributed by atoms with Crippen LogP contribution in [0, 0.1) is 11.3 Å². The summed E-state index contributed by atoms with van der Waals surface area (Å²) >= 11 is 0. The van der Waals surface area contributed by atoms with Gasteiger partial charge in [-0.3, -0.25) is 4.98 Å². The zero-order valence-corrected chi connectivity index (χ0v) is 12.9. The Kier molecular flexibility index (Phi) is 4.29. The van der Waals surface area contributed by atoms with Gasteiger partial charge in [0.15, 0.2) is 5.69 Å². The molecule has 24 heavy (non-hydrogen) atoms. The number of nitrogens with one attached hydrogen (secondary N) is 1. The second-order valence-electron chi connectivity index (χ2n) is 4.86. The van der Waals surface area contributed by atoms with E-state index < -0.39 is 5.97 Å². The molecule has 0 fully saturated rings. The van der Waals surface area contributed by atoms with Gasteiger partial charge in [-0.1, -0.05) is 24.3 Å². The van der Waals surface area contributed by atoms with Crippen molar-refractivity contribution in [2.45, 2.75) is 6.92 Å². The van der Waals surface area contributed by atoms with Crippen LogP contribution in [0.2, 0.25) is 0 Å². The molecule has 3 rings (SSSR count). The lowest BCUT2D eigenvalue weighted by atomic mass is 10.0. The standard InChI is InChI=1S/C17H13N5O2/c1-2-24-17(23)16-15(20-22-21-16)13-5-3-12(4-6-13)14-9-11(10-18)7-8-19-14/h3-9H,2H2,1H3,(H,20,21,22). The zero-order chi connectivity index (χ0) is 16.9. The number of carbonyl (C=O) groups is 1. The third-order valence-corrected chi connectivity index (χ3v) is 3.36. The van der Waals surface area contributed by atoms with Gasteiger partial charge in [-0.05, 0) is 19.1 Å². The number of H-pyrrole nitrogens is 1. The van der Waals surface area contributed by atoms with Gasteiger partial charge in [0.2, 0.25) is 0 Å². The normalized spacial score (nSPS) is 10.2. The minimum Gasteiger partial charge on any atom is -0.461 e. The van der Waals surface area contributed by atoms with E-state index in [1.165, 1.54) is 0 Å². The number of carbonyl (C=O) groups excluding carboxylic acids is 1. The molecular formula is C17H13N5O2. The van der Waals surface area contributed by atoms with E-state index in [1.54, 1.807) is 25.3 Å². The average Bonchev–Trinajstić information content (AvgIpc) is 3.12. The van der Waals surface area contributed by atoms with Crippen LogP contribution < -0.4 is 0 Å². The number of hydrogen-bond donors (Lipinski definition) is 1. The maximum atomic E-state index is 11.9. The molecule has 1 N–H and O–H groups in total. The van der Waals surface area contributed by atoms with E-state index in [2.05, 4.69) is 26.5 Å². The molecular weight excluding hydrogens is 306 g/mol. The fourth-order valence-electron chi connectivity index (χ4n) is 2.23. The molecule has 1 aromatic carbocycles. The van der Waals surface area contributed by atoms with E-state index in [1.807, 2.05) is 24.3 Å². The van der Waals surface area contributed by atoms with Crippen molar-refractivity contribution >= 4 is 5.97 Å². The van der Waals surface area contributed by atoms with Crippen molar-refractivity contribution in [3.8, 4) is 28.6 Å². The van der Waals surface area contributed by atoms with Crippen molar-refractivity contribution in [2.75, 3.05) is 6.61 Å². The quantitative estimate of drug-likeness (QED) is 0.741. The van der Waals surface area contributed by atoms with Crippen LogP contribution in [0.5, 0.6) is 0 Å². The van der Waals surface area contributed by atoms with Crippen molar-refractivity contribution in [2.24, 2.45) is 0 Å². The average molecular weight is 319 g/mol. The second kappa shape index (κ2) is 6.71. The summed E-state index contributed by atoms with van der Waals surface area (Å²) in [5.74, 6) is -0.520. The minimum atomic E-state index is -0.520. The minimum absolute atomic E-state index is 0.147. The van der Waals surface area contributed by atoms with E-state index in [-0.39, 0.29) is 12.3 Å². The van der Waals surface area contributed by atoms with Crippen LogP contribution in [0.25, 0.3) is 22.5 Å². The number of nitrogens with zero attached hydrogens (tertiary/aromatic N) is 4. The molecule has 3 aromatic rings. The zero-order valence-electron chi connectivity index (χ0n) is 12.9. The van der Waals surface area contributed by atoms with Gasteiger partial charge in [0, 0.05) is 17.3 Å². The molecule has 0 aliphatic rings. The molecule has 7 heteroatoms. The van der Waals surface area contributed by atoms with Gasteiger partial charge in [-0.15, -0.1) is 5.10 Å². The molecule has 0 atom stereocenters. The van der Waals surface area contributed by atoms with E-state index >= 15 is 0 Å². The van der Waals surface area contributed by atoms with Crippen LogP contribution in [0.3, 0.4) is 0 Å². The van der Waals surface area contributed by atoms with Crippen LogP contribution in [-0.4, -0.2) is 33.0 Å². The van der Waals surface area contributed by atoms with E-state index in [0.29, 0.717) is 17.0 Å². The van der Waals surface area contributed by atoms with Crippen molar-refractivity contribution < 1.29 is 9.53 Å². The number of ether oxygens (including phenoxy) is 1. The summed E-state index contributed by atoms with van der Waals surface area (Å²) in [4.78, 5) is 16.1. The Morgan fingerprint density at radius 3 is 2.67 bits per heavy atom. The summed E-state index contributed by atoms with van der Waals surface area (Å²) in [6.45, 7) is 2.00. The first-order valence-electron chi connectivity index (χ1n) is 7.27. The Bertz CT molecular complexity index is 909. The van der Waals surface area contributed by atoms with Crippen LogP contribution in [0.4, 0.5) is 0 Å². The Labute approximate surface area is 137 Å². The van der Waals surface area contributed by atoms with Crippen LogP contribution in [0.1, 0.15) is 23.0 Å². The molecule has 0 amide bonds. The molecule has 0 spiro atoms. The summed E-state index contributed by atoms with van der Waals surface area (Å²) in [5.41, 5.74) is 3.41. The van der Waals surface area contributed by atoms with Crippen molar-refractivity contribution in [1.29, 1.82) is 5.26 Å². The fourth-order valence-corrected chi connectivity index (χ4v) is 2.23. The largest absolute Gasteiger partial charge is 0.461 e. The molecule has 0 unspecified atom stereocenters. The molecule has 0 aliphatic carbocycles. The van der Waals surface area contributed by atoms with Gasteiger partial charge in [0.1, 0.15) is 5.69 Å². The summed E-state index contributed by atoms with van der Waals surface area (Å²) in [5, 5.41) is 19.3. The highest BCUT2D eigenvalue weighted by molar-refractivity contribution is 5.94. The first kappa shape index (κ1) is 15.4. The SMILES string of the molecule is CCOC(=O)c1n[nH]nc1-c1ccc(-c2cc(C#N)ccn2)cc1. The predicted octanol–water partition coefficient (Wildman–Crippen LogP) is 2.58. The van der Waals surface area contributed by atoms with Crippen LogP contribution in [0.15, 0.2) is 42.6 Å². The molecule has 2 heterocycles. The smallest absolute Gasteiger partial charge is 0.361 e. The summed E-state index contributed by atoms with van der Waals surface area (Å²) in [7, 11) is 0. The molecule has 7 nitrogen and oxygen atoms in total. The maximum Gasteiger partial charge on any atom is 0.361 e. The third-order valence-electron chi connectivity index (χ3n) is 3.36. The highest BCUT2D eigenvalue weighted by Gasteiger charge is 2.18. The molecule has 118 valence electrons. The molecule has 0 saturated heterocycles. The molecule has 2 aromatic heterocycles. The second-order valence-corrected chi connectivity index (χ2v) is 4.86. The predicted molar refractivity (Wildman–Crippen MR) is 85.7 cm³/mol. The number of rotatable bonds is 4. The lowest BCUT2D eigenvalue weighted by Crippen LogP contribution is -2.06. The summed E-state index contributed by atoms with van der Waals surface area (Å²) < 4.78 is 4.96. The van der Waals surface area contributed by atoms with Gasteiger partial charge >= 0.3 is 5.97 Å². The summed E-state index contributed by atoms with van der Waals surface area (Å²) in [6.07, 6.45) is 1.60. The number of aromatic nitrogens is 4. The fraction of sp³-hybridized carbons (Fsp3) is 0.118. The van der Waals surface area contributed by atoms with Gasteiger partial charge in [-0.2, -0.15) is 15.6 Å². The molecule has 0 saturated carbocycles. The maximum absolute atomic E-state index is 11.9. The monoisotopic (exact) mass is 319 g/mol. The molecule has 0 bridgehead atoms. The number of hydrogen-bond acceptors (Lipinski definition) is 6. The Hall–Kier alpha value is -3.53. The Morgan fingerprint density at radius 1 is 1.21 bits per heavy atom. The van der Waals surface area contributed by atoms with Gasteiger partial charge in [0.05, 0.1) is 23.9 Å². The van der Waals surface area contributed by atoms with Gasteiger partial charge in [-0.25, -0.2) is 4.79 Å². The summed E-state index contributed by atoms with van der Waals surface area (Å²) in [6, 6.07) is 12.8. The highest BCUT2D eigenvalue weighted by atomic mass is 16.5.